The van der Waals surface area contributed by atoms with Gasteiger partial charge < -0.3 is 27.2 Å². The summed E-state index contributed by atoms with van der Waals surface area (Å²) in [4.78, 5) is 39.0. The van der Waals surface area contributed by atoms with Crippen molar-refractivity contribution in [1.82, 2.24) is 10.6 Å². The van der Waals surface area contributed by atoms with Crippen LogP contribution in [0.5, 0.6) is 0 Å². The average Bonchev–Trinajstić information content (AvgIpc) is 2.58. The van der Waals surface area contributed by atoms with Crippen molar-refractivity contribution in [2.45, 2.75) is 19.4 Å². The number of carboxylic acid groups (broad SMARTS) is 1. The number of guanidine groups is 1. The van der Waals surface area contributed by atoms with Crippen LogP contribution >= 0.6 is 0 Å². The third-order valence-electron chi connectivity index (χ3n) is 3.43. The van der Waals surface area contributed by atoms with Crippen molar-refractivity contribution in [3.8, 4) is 12.3 Å². The number of carboxylic acids is 1. The molecular weight excluding hydrogens is 338 g/mol. The highest BCUT2D eigenvalue weighted by atomic mass is 16.4. The van der Waals surface area contributed by atoms with E-state index in [1.54, 1.807) is 19.1 Å². The van der Waals surface area contributed by atoms with E-state index in [2.05, 4.69) is 21.5 Å². The summed E-state index contributed by atoms with van der Waals surface area (Å²) in [7, 11) is 0. The monoisotopic (exact) mass is 359 g/mol. The van der Waals surface area contributed by atoms with E-state index < -0.39 is 29.7 Å². The van der Waals surface area contributed by atoms with Gasteiger partial charge >= 0.3 is 5.97 Å². The molecule has 0 aliphatic carbocycles. The van der Waals surface area contributed by atoms with Crippen LogP contribution in [-0.4, -0.2) is 41.4 Å². The molecule has 9 heteroatoms. The predicted octanol–water partition coefficient (Wildman–Crippen LogP) is -0.450. The molecule has 138 valence electrons. The van der Waals surface area contributed by atoms with Gasteiger partial charge in [-0.3, -0.25) is 14.4 Å². The van der Waals surface area contributed by atoms with Crippen LogP contribution in [-0.2, 0) is 9.59 Å². The van der Waals surface area contributed by atoms with Crippen LogP contribution in [0.3, 0.4) is 0 Å². The topological polar surface area (TPSA) is 160 Å². The third kappa shape index (κ3) is 6.16. The van der Waals surface area contributed by atoms with E-state index in [4.69, 9.17) is 23.0 Å². The molecule has 0 bridgehead atoms. The summed E-state index contributed by atoms with van der Waals surface area (Å²) in [6, 6.07) is 5.21. The Bertz CT molecular complexity index is 750. The smallest absolute Gasteiger partial charge is 0.309 e. The van der Waals surface area contributed by atoms with E-state index in [1.165, 1.54) is 12.1 Å². The first-order chi connectivity index (χ1) is 12.3. The van der Waals surface area contributed by atoms with Gasteiger partial charge in [0.2, 0.25) is 5.91 Å². The zero-order chi connectivity index (χ0) is 19.7. The molecule has 0 spiro atoms. The molecule has 0 aromatic heterocycles. The number of nitrogens with zero attached hydrogens (tertiary/aromatic N) is 1. The van der Waals surface area contributed by atoms with Crippen LogP contribution in [0.25, 0.3) is 0 Å². The third-order valence-corrected chi connectivity index (χ3v) is 3.43. The first kappa shape index (κ1) is 20.5. The van der Waals surface area contributed by atoms with Crippen molar-refractivity contribution in [2.24, 2.45) is 22.4 Å². The van der Waals surface area contributed by atoms with Crippen molar-refractivity contribution in [3.63, 3.8) is 0 Å². The number of hydrogen-bond donors (Lipinski definition) is 5. The van der Waals surface area contributed by atoms with Gasteiger partial charge in [-0.15, -0.1) is 6.42 Å². The molecule has 1 unspecified atom stereocenters. The van der Waals surface area contributed by atoms with Crippen molar-refractivity contribution < 1.29 is 19.5 Å². The first-order valence-corrected chi connectivity index (χ1v) is 7.74. The Morgan fingerprint density at radius 2 is 2.04 bits per heavy atom. The number of nitrogens with two attached hydrogens (primary N) is 2. The summed E-state index contributed by atoms with van der Waals surface area (Å²) in [5.74, 6) is -1.02. The zero-order valence-electron chi connectivity index (χ0n) is 14.2. The van der Waals surface area contributed by atoms with Crippen LogP contribution in [0.1, 0.15) is 23.7 Å². The largest absolute Gasteiger partial charge is 0.481 e. The highest BCUT2D eigenvalue weighted by molar-refractivity contribution is 5.97. The van der Waals surface area contributed by atoms with Gasteiger partial charge in [-0.05, 0) is 24.6 Å². The number of aliphatic carboxylic acids is 1. The lowest BCUT2D eigenvalue weighted by Gasteiger charge is -2.19. The van der Waals surface area contributed by atoms with E-state index in [9.17, 15) is 14.4 Å². The fourth-order valence-electron chi connectivity index (χ4n) is 2.16. The molecule has 0 saturated carbocycles. The summed E-state index contributed by atoms with van der Waals surface area (Å²) in [6.45, 7) is 1.29. The van der Waals surface area contributed by atoms with Crippen LogP contribution in [0, 0.1) is 18.3 Å². The Morgan fingerprint density at radius 3 is 2.58 bits per heavy atom. The van der Waals surface area contributed by atoms with E-state index in [-0.39, 0.29) is 24.5 Å². The van der Waals surface area contributed by atoms with E-state index in [0.717, 1.165) is 0 Å². The predicted molar refractivity (Wildman–Crippen MR) is 96.4 cm³/mol. The number of rotatable bonds is 8. The average molecular weight is 359 g/mol. The van der Waals surface area contributed by atoms with Crippen molar-refractivity contribution >= 4 is 29.4 Å². The summed E-state index contributed by atoms with van der Waals surface area (Å²) >= 11 is 0. The molecular formula is C17H21N5O4. The van der Waals surface area contributed by atoms with Gasteiger partial charge in [0.1, 0.15) is 6.04 Å². The summed E-state index contributed by atoms with van der Waals surface area (Å²) in [5, 5.41) is 13.9. The number of aliphatic imine (C=N–C) groups is 1. The number of terminal acetylenes is 1. The van der Waals surface area contributed by atoms with Crippen LogP contribution in [0.15, 0.2) is 29.3 Å². The molecule has 0 aliphatic heterocycles. The molecule has 0 saturated heterocycles. The number of amides is 2. The van der Waals surface area contributed by atoms with Crippen molar-refractivity contribution in [1.29, 1.82) is 0 Å². The van der Waals surface area contributed by atoms with E-state index in [0.29, 0.717) is 5.69 Å². The van der Waals surface area contributed by atoms with Crippen LogP contribution in [0.4, 0.5) is 5.69 Å². The molecule has 0 heterocycles. The Labute approximate surface area is 150 Å². The Morgan fingerprint density at radius 1 is 1.35 bits per heavy atom. The lowest BCUT2D eigenvalue weighted by molar-refractivity contribution is -0.142. The van der Waals surface area contributed by atoms with E-state index >= 15 is 0 Å². The molecule has 1 aromatic rings. The van der Waals surface area contributed by atoms with Gasteiger partial charge in [0.25, 0.3) is 5.91 Å². The molecule has 0 radical (unpaired) electrons. The lowest BCUT2D eigenvalue weighted by Crippen LogP contribution is -2.46. The van der Waals surface area contributed by atoms with Crippen molar-refractivity contribution in [2.75, 3.05) is 6.54 Å². The Kier molecular flexibility index (Phi) is 7.64. The van der Waals surface area contributed by atoms with Gasteiger partial charge in [-0.2, -0.15) is 0 Å². The number of hydrogen-bond acceptors (Lipinski definition) is 4. The molecule has 1 aromatic carbocycles. The van der Waals surface area contributed by atoms with Gasteiger partial charge in [0.15, 0.2) is 5.96 Å². The van der Waals surface area contributed by atoms with Crippen LogP contribution in [0.2, 0.25) is 0 Å². The first-order valence-electron chi connectivity index (χ1n) is 7.74. The Balaban J connectivity index is 2.67. The number of carbonyl (C=O) groups is 3. The molecule has 0 aliphatic rings. The minimum atomic E-state index is -1.10. The van der Waals surface area contributed by atoms with Gasteiger partial charge in [-0.1, -0.05) is 18.9 Å². The molecule has 2 atom stereocenters. The normalized spacial score (nSPS) is 12.2. The highest BCUT2D eigenvalue weighted by Crippen LogP contribution is 2.13. The highest BCUT2D eigenvalue weighted by Gasteiger charge is 2.26. The minimum Gasteiger partial charge on any atom is -0.481 e. The molecule has 1 rings (SSSR count). The second-order valence-corrected chi connectivity index (χ2v) is 5.33. The lowest BCUT2D eigenvalue weighted by atomic mass is 9.97. The molecule has 2 amide bonds. The quantitative estimate of drug-likeness (QED) is 0.240. The van der Waals surface area contributed by atoms with Crippen molar-refractivity contribution in [3.05, 3.63) is 29.8 Å². The molecule has 7 N–H and O–H groups in total. The summed E-state index contributed by atoms with van der Waals surface area (Å²) < 4.78 is 0. The number of benzene rings is 1. The zero-order valence-corrected chi connectivity index (χ0v) is 14.2. The number of carbonyl (C=O) groups excluding carboxylic acids is 2. The van der Waals surface area contributed by atoms with Gasteiger partial charge in [0, 0.05) is 5.56 Å². The number of nitrogens with one attached hydrogen (secondary N) is 2. The summed E-state index contributed by atoms with van der Waals surface area (Å²) in [6.07, 6.45) is 5.55. The van der Waals surface area contributed by atoms with Crippen LogP contribution < -0.4 is 22.1 Å². The standard InChI is InChI=1S/C17H21N5O4/c1-3-12(16(25)26)13(4-2)22-14(23)9-20-15(24)10-6-5-7-11(8-10)21-17(18)19/h2,5-8,12-13H,3,9H2,1H3,(H,20,24)(H,22,23)(H,25,26)(H4,18,19,21)/t12?,13-/m0/s1. The van der Waals surface area contributed by atoms with Gasteiger partial charge in [-0.25, -0.2) is 4.99 Å². The fourth-order valence-corrected chi connectivity index (χ4v) is 2.16. The maximum absolute atomic E-state index is 12.1. The minimum absolute atomic E-state index is 0.147. The van der Waals surface area contributed by atoms with E-state index in [1.807, 2.05) is 0 Å². The maximum atomic E-state index is 12.1. The molecule has 26 heavy (non-hydrogen) atoms. The maximum Gasteiger partial charge on any atom is 0.309 e. The fraction of sp³-hybridized carbons (Fsp3) is 0.294. The SMILES string of the molecule is C#C[C@H](NC(=O)CNC(=O)c1cccc(N=C(N)N)c1)C(CC)C(=O)O. The Hall–Kier alpha value is -3.54. The second-order valence-electron chi connectivity index (χ2n) is 5.33. The summed E-state index contributed by atoms with van der Waals surface area (Å²) in [5.41, 5.74) is 11.2. The molecule has 0 fully saturated rings. The second kappa shape index (κ2) is 9.68. The molecule has 9 nitrogen and oxygen atoms in total. The van der Waals surface area contributed by atoms with Gasteiger partial charge in [0.05, 0.1) is 18.2 Å².